The number of carbonyl (C=O) groups excluding carboxylic acids is 1. The minimum absolute atomic E-state index is 0.128. The molecular formula is C23H28N4O2S. The first kappa shape index (κ1) is 19.7. The fraction of sp³-hybridized carbons (Fsp3) is 0.478. The number of ether oxygens (including phenoxy) is 1. The molecule has 1 N–H and O–H groups in total. The standard InChI is InChI=1S/C23H28N4O2S/c28-22(25-20-2-1-3-21(24-20)27-12-14-29-15-13-27)18-5-4-17(30)16-19(18)26-10-8-23(6-7-23)9-11-26/h1-5,16,30H,6-15H2,(H,24,25,28). The molecule has 158 valence electrons. The molecule has 0 radical (unpaired) electrons. The predicted octanol–water partition coefficient (Wildman–Crippen LogP) is 3.84. The van der Waals surface area contributed by atoms with Gasteiger partial charge in [0, 0.05) is 31.1 Å². The van der Waals surface area contributed by atoms with E-state index < -0.39 is 0 Å². The summed E-state index contributed by atoms with van der Waals surface area (Å²) < 4.78 is 5.42. The molecule has 1 aromatic carbocycles. The number of hydrogen-bond acceptors (Lipinski definition) is 6. The van der Waals surface area contributed by atoms with Gasteiger partial charge in [0.05, 0.1) is 24.5 Å². The third-order valence-electron chi connectivity index (χ3n) is 6.66. The Hall–Kier alpha value is -2.25. The van der Waals surface area contributed by atoms with Crippen molar-refractivity contribution < 1.29 is 9.53 Å². The van der Waals surface area contributed by atoms with Gasteiger partial charge in [0.15, 0.2) is 0 Å². The zero-order valence-corrected chi connectivity index (χ0v) is 18.0. The molecule has 30 heavy (non-hydrogen) atoms. The number of anilines is 3. The van der Waals surface area contributed by atoms with E-state index in [4.69, 9.17) is 4.74 Å². The first-order valence-corrected chi connectivity index (χ1v) is 11.3. The molecule has 2 aromatic rings. The highest BCUT2D eigenvalue weighted by Crippen LogP contribution is 2.54. The molecular weight excluding hydrogens is 396 g/mol. The Morgan fingerprint density at radius 3 is 2.50 bits per heavy atom. The van der Waals surface area contributed by atoms with Crippen molar-refractivity contribution >= 4 is 35.9 Å². The monoisotopic (exact) mass is 424 g/mol. The van der Waals surface area contributed by atoms with Crippen LogP contribution in [0.2, 0.25) is 0 Å². The summed E-state index contributed by atoms with van der Waals surface area (Å²) in [4.78, 5) is 23.2. The molecule has 1 spiro atoms. The Bertz CT molecular complexity index is 931. The van der Waals surface area contributed by atoms with Gasteiger partial charge in [-0.3, -0.25) is 4.79 Å². The molecule has 0 bridgehead atoms. The topological polar surface area (TPSA) is 57.7 Å². The molecule has 7 heteroatoms. The van der Waals surface area contributed by atoms with Crippen LogP contribution in [0.4, 0.5) is 17.3 Å². The number of carbonyl (C=O) groups is 1. The van der Waals surface area contributed by atoms with Gasteiger partial charge in [-0.2, -0.15) is 0 Å². The summed E-state index contributed by atoms with van der Waals surface area (Å²) in [7, 11) is 0. The van der Waals surface area contributed by atoms with Crippen LogP contribution in [0.5, 0.6) is 0 Å². The molecule has 2 aliphatic heterocycles. The van der Waals surface area contributed by atoms with E-state index in [0.29, 0.717) is 30.0 Å². The van der Waals surface area contributed by atoms with Gasteiger partial charge >= 0.3 is 0 Å². The van der Waals surface area contributed by atoms with Crippen molar-refractivity contribution in [3.05, 3.63) is 42.0 Å². The number of nitrogens with zero attached hydrogens (tertiary/aromatic N) is 3. The highest BCUT2D eigenvalue weighted by Gasteiger charge is 2.44. The molecule has 2 saturated heterocycles. The molecule has 3 heterocycles. The Morgan fingerprint density at radius 2 is 1.77 bits per heavy atom. The van der Waals surface area contributed by atoms with E-state index in [9.17, 15) is 4.79 Å². The van der Waals surface area contributed by atoms with Crippen LogP contribution < -0.4 is 15.1 Å². The maximum Gasteiger partial charge on any atom is 0.258 e. The number of rotatable bonds is 4. The van der Waals surface area contributed by atoms with Gasteiger partial charge in [-0.25, -0.2) is 4.98 Å². The second kappa shape index (κ2) is 8.12. The van der Waals surface area contributed by atoms with E-state index in [0.717, 1.165) is 42.6 Å². The van der Waals surface area contributed by atoms with Gasteiger partial charge in [-0.05, 0) is 61.4 Å². The van der Waals surface area contributed by atoms with Gasteiger partial charge in [0.2, 0.25) is 0 Å². The van der Waals surface area contributed by atoms with E-state index in [1.54, 1.807) is 0 Å². The average molecular weight is 425 g/mol. The smallest absolute Gasteiger partial charge is 0.258 e. The van der Waals surface area contributed by atoms with Crippen LogP contribution >= 0.6 is 12.6 Å². The van der Waals surface area contributed by atoms with Gasteiger partial charge in [0.1, 0.15) is 11.6 Å². The van der Waals surface area contributed by atoms with E-state index >= 15 is 0 Å². The van der Waals surface area contributed by atoms with Crippen LogP contribution in [0.25, 0.3) is 0 Å². The maximum absolute atomic E-state index is 13.2. The molecule has 0 unspecified atom stereocenters. The molecule has 1 saturated carbocycles. The lowest BCUT2D eigenvalue weighted by Gasteiger charge is -2.35. The third kappa shape index (κ3) is 4.14. The van der Waals surface area contributed by atoms with Crippen molar-refractivity contribution in [2.24, 2.45) is 5.41 Å². The Balaban J connectivity index is 1.34. The average Bonchev–Trinajstić information content (AvgIpc) is 3.53. The molecule has 3 fully saturated rings. The van der Waals surface area contributed by atoms with Gasteiger partial charge in [-0.15, -0.1) is 12.6 Å². The number of benzene rings is 1. The number of thiol groups is 1. The number of hydrogen-bond donors (Lipinski definition) is 2. The highest BCUT2D eigenvalue weighted by atomic mass is 32.1. The molecule has 3 aliphatic rings. The van der Waals surface area contributed by atoms with Crippen molar-refractivity contribution in [2.75, 3.05) is 54.5 Å². The van der Waals surface area contributed by atoms with E-state index in [1.165, 1.54) is 25.7 Å². The zero-order valence-electron chi connectivity index (χ0n) is 17.1. The summed E-state index contributed by atoms with van der Waals surface area (Å²) in [6, 6.07) is 11.5. The van der Waals surface area contributed by atoms with Crippen molar-refractivity contribution in [1.82, 2.24) is 4.98 Å². The largest absolute Gasteiger partial charge is 0.378 e. The first-order valence-electron chi connectivity index (χ1n) is 10.8. The number of morpholine rings is 1. The number of nitrogens with one attached hydrogen (secondary N) is 1. The van der Waals surface area contributed by atoms with Crippen molar-refractivity contribution in [2.45, 2.75) is 30.6 Å². The SMILES string of the molecule is O=C(Nc1cccc(N2CCOCC2)n1)c1ccc(S)cc1N1CCC2(CC1)CC2. The molecule has 1 aromatic heterocycles. The lowest BCUT2D eigenvalue weighted by molar-refractivity contribution is 0.102. The van der Waals surface area contributed by atoms with Crippen LogP contribution in [0.3, 0.4) is 0 Å². The zero-order chi connectivity index (χ0) is 20.6. The summed E-state index contributed by atoms with van der Waals surface area (Å²) in [5.41, 5.74) is 2.25. The Labute approximate surface area is 183 Å². The van der Waals surface area contributed by atoms with E-state index in [1.807, 2.05) is 36.4 Å². The quantitative estimate of drug-likeness (QED) is 0.731. The van der Waals surface area contributed by atoms with Crippen LogP contribution in [0.15, 0.2) is 41.3 Å². The van der Waals surface area contributed by atoms with Crippen LogP contribution in [0.1, 0.15) is 36.0 Å². The highest BCUT2D eigenvalue weighted by molar-refractivity contribution is 7.80. The molecule has 6 nitrogen and oxygen atoms in total. The second-order valence-electron chi connectivity index (χ2n) is 8.62. The van der Waals surface area contributed by atoms with Crippen molar-refractivity contribution in [1.29, 1.82) is 0 Å². The van der Waals surface area contributed by atoms with Crippen LogP contribution in [-0.4, -0.2) is 50.3 Å². The van der Waals surface area contributed by atoms with Gasteiger partial charge in [-0.1, -0.05) is 6.07 Å². The van der Waals surface area contributed by atoms with Gasteiger partial charge in [0.25, 0.3) is 5.91 Å². The van der Waals surface area contributed by atoms with Gasteiger partial charge < -0.3 is 19.9 Å². The molecule has 5 rings (SSSR count). The number of aromatic nitrogens is 1. The summed E-state index contributed by atoms with van der Waals surface area (Å²) in [6.07, 6.45) is 5.17. The number of piperidine rings is 1. The van der Waals surface area contributed by atoms with E-state index in [2.05, 4.69) is 32.7 Å². The second-order valence-corrected chi connectivity index (χ2v) is 9.14. The fourth-order valence-electron chi connectivity index (χ4n) is 4.52. The van der Waals surface area contributed by atoms with E-state index in [-0.39, 0.29) is 5.91 Å². The van der Waals surface area contributed by atoms with Crippen LogP contribution in [0, 0.1) is 5.41 Å². The minimum Gasteiger partial charge on any atom is -0.378 e. The normalized spacial score (nSPS) is 20.3. The lowest BCUT2D eigenvalue weighted by Crippen LogP contribution is -2.37. The van der Waals surface area contributed by atoms with Crippen molar-refractivity contribution in [3.63, 3.8) is 0 Å². The third-order valence-corrected chi connectivity index (χ3v) is 6.94. The first-order chi connectivity index (χ1) is 14.6. The molecule has 1 aliphatic carbocycles. The van der Waals surface area contributed by atoms with Crippen molar-refractivity contribution in [3.8, 4) is 0 Å². The van der Waals surface area contributed by atoms with Crippen LogP contribution in [-0.2, 0) is 4.74 Å². The summed E-state index contributed by atoms with van der Waals surface area (Å²) in [5, 5.41) is 3.01. The molecule has 1 amide bonds. The Morgan fingerprint density at radius 1 is 1.00 bits per heavy atom. The maximum atomic E-state index is 13.2. The summed E-state index contributed by atoms with van der Waals surface area (Å²) >= 11 is 4.52. The number of amides is 1. The molecule has 0 atom stereocenters. The summed E-state index contributed by atoms with van der Waals surface area (Å²) in [6.45, 7) is 5.04. The Kier molecular flexibility index (Phi) is 5.33. The predicted molar refractivity (Wildman–Crippen MR) is 122 cm³/mol. The lowest BCUT2D eigenvalue weighted by atomic mass is 9.93. The number of pyridine rings is 1. The fourth-order valence-corrected chi connectivity index (χ4v) is 4.71. The minimum atomic E-state index is -0.128. The summed E-state index contributed by atoms with van der Waals surface area (Å²) in [5.74, 6) is 1.31.